The summed E-state index contributed by atoms with van der Waals surface area (Å²) >= 11 is 0. The van der Waals surface area contributed by atoms with E-state index >= 15 is 0 Å². The summed E-state index contributed by atoms with van der Waals surface area (Å²) in [6.45, 7) is 9.24. The molecular weight excluding hydrogens is 290 g/mol. The van der Waals surface area contributed by atoms with Gasteiger partial charge < -0.3 is 15.5 Å². The zero-order valence-electron chi connectivity index (χ0n) is 14.3. The van der Waals surface area contributed by atoms with Crippen LogP contribution < -0.4 is 10.6 Å². The maximum absolute atomic E-state index is 12.2. The molecule has 1 atom stereocenters. The molecule has 2 N–H and O–H groups in total. The van der Waals surface area contributed by atoms with Crippen molar-refractivity contribution >= 4 is 17.5 Å². The number of nitrogens with zero attached hydrogens (tertiary/aromatic N) is 1. The van der Waals surface area contributed by atoms with Crippen LogP contribution in [0.5, 0.6) is 0 Å². The molecule has 23 heavy (non-hydrogen) atoms. The van der Waals surface area contributed by atoms with Crippen LogP contribution >= 0.6 is 0 Å². The summed E-state index contributed by atoms with van der Waals surface area (Å²) in [4.78, 5) is 26.1. The first-order valence-corrected chi connectivity index (χ1v) is 8.43. The largest absolute Gasteiger partial charge is 0.343 e. The second-order valence-electron chi connectivity index (χ2n) is 6.14. The van der Waals surface area contributed by atoms with Gasteiger partial charge in [0.2, 0.25) is 11.8 Å². The highest BCUT2D eigenvalue weighted by Crippen LogP contribution is 2.19. The van der Waals surface area contributed by atoms with Crippen LogP contribution in [0.4, 0.5) is 5.69 Å². The summed E-state index contributed by atoms with van der Waals surface area (Å²) < 4.78 is 0. The average Bonchev–Trinajstić information content (AvgIpc) is 2.48. The highest BCUT2D eigenvalue weighted by molar-refractivity contribution is 5.92. The number of amides is 2. The Morgan fingerprint density at radius 3 is 2.30 bits per heavy atom. The Bertz CT molecular complexity index is 534. The number of likely N-dealkylation sites (N-methyl/N-ethyl adjacent to an activating group) is 1. The van der Waals surface area contributed by atoms with Crippen LogP contribution in [0.3, 0.4) is 0 Å². The van der Waals surface area contributed by atoms with Crippen LogP contribution in [0, 0.1) is 11.8 Å². The van der Waals surface area contributed by atoms with Crippen molar-refractivity contribution in [3.05, 3.63) is 29.8 Å². The smallest absolute Gasteiger partial charge is 0.227 e. The lowest BCUT2D eigenvalue weighted by Gasteiger charge is -2.31. The number of benzene rings is 1. The van der Waals surface area contributed by atoms with Crippen molar-refractivity contribution < 1.29 is 9.59 Å². The molecule has 0 aliphatic carbocycles. The van der Waals surface area contributed by atoms with Crippen LogP contribution in [0.25, 0.3) is 0 Å². The van der Waals surface area contributed by atoms with Gasteiger partial charge in [-0.25, -0.2) is 0 Å². The molecule has 2 amide bonds. The van der Waals surface area contributed by atoms with Crippen molar-refractivity contribution in [3.63, 3.8) is 0 Å². The molecule has 1 saturated heterocycles. The van der Waals surface area contributed by atoms with Crippen molar-refractivity contribution in [1.29, 1.82) is 0 Å². The molecule has 0 saturated carbocycles. The van der Waals surface area contributed by atoms with Crippen molar-refractivity contribution in [1.82, 2.24) is 10.2 Å². The third-order valence-electron chi connectivity index (χ3n) is 4.63. The Hall–Kier alpha value is -1.88. The molecule has 1 fully saturated rings. The van der Waals surface area contributed by atoms with Gasteiger partial charge >= 0.3 is 0 Å². The average molecular weight is 317 g/mol. The maximum Gasteiger partial charge on any atom is 0.227 e. The van der Waals surface area contributed by atoms with E-state index in [0.717, 1.165) is 37.4 Å². The normalized spacial score (nSPS) is 15.6. The number of hydrogen-bond donors (Lipinski definition) is 2. The number of hydrogen-bond acceptors (Lipinski definition) is 3. The fraction of sp³-hybridized carbons (Fsp3) is 0.556. The lowest BCUT2D eigenvalue weighted by Crippen LogP contribution is -2.48. The molecular formula is C18H27N3O2. The molecule has 1 aliphatic heterocycles. The number of nitrogens with one attached hydrogen (secondary N) is 2. The van der Waals surface area contributed by atoms with Crippen LogP contribution in [-0.4, -0.2) is 42.9 Å². The Balaban J connectivity index is 1.88. The van der Waals surface area contributed by atoms with Crippen LogP contribution in [0.2, 0.25) is 0 Å². The quantitative estimate of drug-likeness (QED) is 0.807. The standard InChI is InChI=1S/C18H27N3O2/c1-4-21(5-2)17(22)10-14-6-8-16(9-7-14)20-18(23)13(3)15-11-19-12-15/h6-9,13,15,19H,4-5,10-12H2,1-3H3,(H,20,23). The first-order chi connectivity index (χ1) is 11.0. The first kappa shape index (κ1) is 17.5. The number of rotatable bonds is 7. The molecule has 1 aliphatic rings. The molecule has 2 rings (SSSR count). The van der Waals surface area contributed by atoms with Gasteiger partial charge in [0.1, 0.15) is 0 Å². The van der Waals surface area contributed by atoms with E-state index in [4.69, 9.17) is 0 Å². The van der Waals surface area contributed by atoms with E-state index in [1.54, 1.807) is 0 Å². The summed E-state index contributed by atoms with van der Waals surface area (Å²) in [5, 5.41) is 6.14. The van der Waals surface area contributed by atoms with Crippen molar-refractivity contribution in [2.45, 2.75) is 27.2 Å². The van der Waals surface area contributed by atoms with Crippen molar-refractivity contribution in [2.24, 2.45) is 11.8 Å². The fourth-order valence-corrected chi connectivity index (χ4v) is 2.70. The van der Waals surface area contributed by atoms with E-state index < -0.39 is 0 Å². The summed E-state index contributed by atoms with van der Waals surface area (Å²) in [5.74, 6) is 0.641. The number of carbonyl (C=O) groups excluding carboxylic acids is 2. The van der Waals surface area contributed by atoms with E-state index in [1.165, 1.54) is 0 Å². The predicted molar refractivity (Wildman–Crippen MR) is 92.2 cm³/mol. The second kappa shape index (κ2) is 8.11. The molecule has 0 aromatic heterocycles. The monoisotopic (exact) mass is 317 g/mol. The van der Waals surface area contributed by atoms with Gasteiger partial charge in [0.15, 0.2) is 0 Å². The lowest BCUT2D eigenvalue weighted by molar-refractivity contribution is -0.130. The molecule has 1 aromatic rings. The molecule has 5 heteroatoms. The highest BCUT2D eigenvalue weighted by Gasteiger charge is 2.28. The summed E-state index contributed by atoms with van der Waals surface area (Å²) in [6, 6.07) is 7.56. The van der Waals surface area contributed by atoms with Crippen LogP contribution in [0.1, 0.15) is 26.3 Å². The van der Waals surface area contributed by atoms with Crippen molar-refractivity contribution in [2.75, 3.05) is 31.5 Å². The van der Waals surface area contributed by atoms with Gasteiger partial charge in [-0.3, -0.25) is 9.59 Å². The van der Waals surface area contributed by atoms with E-state index in [9.17, 15) is 9.59 Å². The number of carbonyl (C=O) groups is 2. The molecule has 0 spiro atoms. The summed E-state index contributed by atoms with van der Waals surface area (Å²) in [6.07, 6.45) is 0.403. The minimum Gasteiger partial charge on any atom is -0.343 e. The zero-order chi connectivity index (χ0) is 16.8. The first-order valence-electron chi connectivity index (χ1n) is 8.43. The van der Waals surface area contributed by atoms with E-state index in [1.807, 2.05) is 49.9 Å². The van der Waals surface area contributed by atoms with E-state index in [2.05, 4.69) is 10.6 Å². The van der Waals surface area contributed by atoms with Gasteiger partial charge in [0.25, 0.3) is 0 Å². The predicted octanol–water partition coefficient (Wildman–Crippen LogP) is 1.89. The van der Waals surface area contributed by atoms with Crippen LogP contribution in [0.15, 0.2) is 24.3 Å². The Labute approximate surface area is 138 Å². The zero-order valence-corrected chi connectivity index (χ0v) is 14.3. The van der Waals surface area contributed by atoms with E-state index in [0.29, 0.717) is 12.3 Å². The van der Waals surface area contributed by atoms with Gasteiger partial charge in [-0.2, -0.15) is 0 Å². The van der Waals surface area contributed by atoms with Gasteiger partial charge in [0.05, 0.1) is 6.42 Å². The Morgan fingerprint density at radius 2 is 1.83 bits per heavy atom. The lowest BCUT2D eigenvalue weighted by atomic mass is 9.88. The summed E-state index contributed by atoms with van der Waals surface area (Å²) in [7, 11) is 0. The molecule has 1 aromatic carbocycles. The fourth-order valence-electron chi connectivity index (χ4n) is 2.70. The SMILES string of the molecule is CCN(CC)C(=O)Cc1ccc(NC(=O)C(C)C2CNC2)cc1. The van der Waals surface area contributed by atoms with Gasteiger partial charge in [-0.15, -0.1) is 0 Å². The molecule has 1 unspecified atom stereocenters. The Kier molecular flexibility index (Phi) is 6.16. The third kappa shape index (κ3) is 4.55. The van der Waals surface area contributed by atoms with Gasteiger partial charge in [0, 0.05) is 24.7 Å². The maximum atomic E-state index is 12.2. The molecule has 1 heterocycles. The second-order valence-corrected chi connectivity index (χ2v) is 6.14. The molecule has 5 nitrogen and oxygen atoms in total. The molecule has 126 valence electrons. The third-order valence-corrected chi connectivity index (χ3v) is 4.63. The van der Waals surface area contributed by atoms with Gasteiger partial charge in [-0.05, 0) is 50.6 Å². The van der Waals surface area contributed by atoms with Crippen LogP contribution in [-0.2, 0) is 16.0 Å². The molecule has 0 bridgehead atoms. The van der Waals surface area contributed by atoms with E-state index in [-0.39, 0.29) is 17.7 Å². The molecule has 0 radical (unpaired) electrons. The number of anilines is 1. The highest BCUT2D eigenvalue weighted by atomic mass is 16.2. The van der Waals surface area contributed by atoms with Crippen molar-refractivity contribution in [3.8, 4) is 0 Å². The topological polar surface area (TPSA) is 61.4 Å². The Morgan fingerprint density at radius 1 is 1.22 bits per heavy atom. The van der Waals surface area contributed by atoms with Gasteiger partial charge in [-0.1, -0.05) is 19.1 Å². The minimum absolute atomic E-state index is 0.0140. The summed E-state index contributed by atoms with van der Waals surface area (Å²) in [5.41, 5.74) is 1.75. The minimum atomic E-state index is 0.0140.